The molecule has 2 heterocycles. The van der Waals surface area contributed by atoms with Gasteiger partial charge < -0.3 is 10.2 Å². The minimum atomic E-state index is -0.108. The van der Waals surface area contributed by atoms with E-state index in [0.717, 1.165) is 12.1 Å². The van der Waals surface area contributed by atoms with E-state index in [1.807, 2.05) is 30.1 Å². The molecule has 0 aliphatic carbocycles. The maximum absolute atomic E-state index is 12.7. The van der Waals surface area contributed by atoms with Crippen molar-refractivity contribution in [3.05, 3.63) is 53.3 Å². The number of aromatic nitrogens is 2. The Morgan fingerprint density at radius 2 is 2.00 bits per heavy atom. The van der Waals surface area contributed by atoms with Crippen LogP contribution in [0.4, 0.5) is 0 Å². The van der Waals surface area contributed by atoms with E-state index >= 15 is 0 Å². The Hall–Kier alpha value is -2.67. The summed E-state index contributed by atoms with van der Waals surface area (Å²) in [7, 11) is 5.47. The minimum absolute atomic E-state index is 0.00587. The lowest BCUT2D eigenvalue weighted by molar-refractivity contribution is 0.0545. The monoisotopic (exact) mass is 341 g/mol. The molecule has 0 saturated carbocycles. The zero-order valence-electron chi connectivity index (χ0n) is 14.8. The standard InChI is InChI=1S/C18H23N5O2/c1-19-17(24)14-6-4-5-13(9-14)16-12-23(8-7-21(16)2)18(25)15-10-20-22(3)11-15/h4-6,9-11,16H,7-8,12H2,1-3H3,(H,19,24)/t16-/m1/s1. The van der Waals surface area contributed by atoms with Crippen LogP contribution in [0.5, 0.6) is 0 Å². The van der Waals surface area contributed by atoms with E-state index in [1.54, 1.807) is 37.2 Å². The summed E-state index contributed by atoms with van der Waals surface area (Å²) < 4.78 is 1.63. The quantitative estimate of drug-likeness (QED) is 0.901. The van der Waals surface area contributed by atoms with E-state index in [0.29, 0.717) is 24.2 Å². The average molecular weight is 341 g/mol. The Labute approximate surface area is 147 Å². The lowest BCUT2D eigenvalue weighted by Gasteiger charge is -2.39. The molecule has 1 saturated heterocycles. The fourth-order valence-corrected chi connectivity index (χ4v) is 3.16. The molecule has 1 N–H and O–H groups in total. The van der Waals surface area contributed by atoms with Gasteiger partial charge in [0.25, 0.3) is 11.8 Å². The van der Waals surface area contributed by atoms with Crippen LogP contribution in [0.15, 0.2) is 36.7 Å². The van der Waals surface area contributed by atoms with Crippen LogP contribution in [0.3, 0.4) is 0 Å². The topological polar surface area (TPSA) is 70.5 Å². The van der Waals surface area contributed by atoms with Gasteiger partial charge in [0.2, 0.25) is 0 Å². The van der Waals surface area contributed by atoms with Crippen LogP contribution in [0.25, 0.3) is 0 Å². The Balaban J connectivity index is 1.81. The van der Waals surface area contributed by atoms with Crippen molar-refractivity contribution < 1.29 is 9.59 Å². The zero-order chi connectivity index (χ0) is 18.0. The molecule has 1 aromatic heterocycles. The Morgan fingerprint density at radius 1 is 1.20 bits per heavy atom. The normalized spacial score (nSPS) is 18.2. The molecule has 1 atom stereocenters. The molecule has 3 rings (SSSR count). The van der Waals surface area contributed by atoms with Gasteiger partial charge in [-0.1, -0.05) is 12.1 Å². The van der Waals surface area contributed by atoms with Gasteiger partial charge in [-0.2, -0.15) is 5.10 Å². The van der Waals surface area contributed by atoms with Crippen LogP contribution in [0.2, 0.25) is 0 Å². The van der Waals surface area contributed by atoms with E-state index in [9.17, 15) is 9.59 Å². The van der Waals surface area contributed by atoms with Crippen LogP contribution in [-0.4, -0.2) is 65.1 Å². The molecule has 1 aliphatic rings. The molecule has 7 nitrogen and oxygen atoms in total. The lowest BCUT2D eigenvalue weighted by Crippen LogP contribution is -2.49. The van der Waals surface area contributed by atoms with Crippen molar-refractivity contribution in [1.82, 2.24) is 24.9 Å². The molecule has 0 spiro atoms. The molecule has 2 aromatic rings. The first kappa shape index (κ1) is 17.2. The summed E-state index contributed by atoms with van der Waals surface area (Å²) in [4.78, 5) is 28.7. The van der Waals surface area contributed by atoms with Crippen molar-refractivity contribution in [2.24, 2.45) is 7.05 Å². The third-order valence-corrected chi connectivity index (χ3v) is 4.65. The summed E-state index contributed by atoms with van der Waals surface area (Å²) in [5.74, 6) is -0.114. The van der Waals surface area contributed by atoms with Gasteiger partial charge in [-0.05, 0) is 24.7 Å². The molecule has 0 bridgehead atoms. The second kappa shape index (κ2) is 7.06. The van der Waals surface area contributed by atoms with Crippen molar-refractivity contribution in [1.29, 1.82) is 0 Å². The molecule has 0 radical (unpaired) electrons. The Bertz CT molecular complexity index is 785. The number of likely N-dealkylation sites (N-methyl/N-ethyl adjacent to an activating group) is 1. The molecule has 1 aliphatic heterocycles. The predicted molar refractivity (Wildman–Crippen MR) is 94.3 cm³/mol. The zero-order valence-corrected chi connectivity index (χ0v) is 14.8. The number of hydrogen-bond donors (Lipinski definition) is 1. The van der Waals surface area contributed by atoms with Gasteiger partial charge in [0.15, 0.2) is 0 Å². The molecule has 0 unspecified atom stereocenters. The highest BCUT2D eigenvalue weighted by Gasteiger charge is 2.29. The first-order chi connectivity index (χ1) is 12.0. The summed E-state index contributed by atoms with van der Waals surface area (Å²) in [6.45, 7) is 2.04. The largest absolute Gasteiger partial charge is 0.355 e. The number of carbonyl (C=O) groups excluding carboxylic acids is 2. The maximum Gasteiger partial charge on any atom is 0.257 e. The molecule has 2 amide bonds. The first-order valence-electron chi connectivity index (χ1n) is 8.30. The SMILES string of the molecule is CNC(=O)c1cccc([C@H]2CN(C(=O)c3cnn(C)c3)CCN2C)c1. The van der Waals surface area contributed by atoms with Crippen LogP contribution >= 0.6 is 0 Å². The molecule has 132 valence electrons. The number of rotatable bonds is 3. The van der Waals surface area contributed by atoms with Crippen molar-refractivity contribution in [2.45, 2.75) is 6.04 Å². The predicted octanol–water partition coefficient (Wildman–Crippen LogP) is 0.909. The van der Waals surface area contributed by atoms with E-state index in [2.05, 4.69) is 15.3 Å². The second-order valence-electron chi connectivity index (χ2n) is 6.35. The second-order valence-corrected chi connectivity index (χ2v) is 6.35. The molecule has 25 heavy (non-hydrogen) atoms. The first-order valence-corrected chi connectivity index (χ1v) is 8.30. The van der Waals surface area contributed by atoms with Gasteiger partial charge in [-0.25, -0.2) is 0 Å². The average Bonchev–Trinajstić information content (AvgIpc) is 3.07. The number of amides is 2. The van der Waals surface area contributed by atoms with Crippen molar-refractivity contribution in [2.75, 3.05) is 33.7 Å². The van der Waals surface area contributed by atoms with Crippen molar-refractivity contribution in [3.63, 3.8) is 0 Å². The highest BCUT2D eigenvalue weighted by molar-refractivity contribution is 5.94. The van der Waals surface area contributed by atoms with Crippen LogP contribution < -0.4 is 5.32 Å². The number of benzene rings is 1. The number of nitrogens with one attached hydrogen (secondary N) is 1. The Kier molecular flexibility index (Phi) is 4.85. The summed E-state index contributed by atoms with van der Waals surface area (Å²) in [5, 5.41) is 6.73. The number of carbonyl (C=O) groups is 2. The number of nitrogens with zero attached hydrogens (tertiary/aromatic N) is 4. The summed E-state index contributed by atoms with van der Waals surface area (Å²) >= 11 is 0. The molecular weight excluding hydrogens is 318 g/mol. The number of hydrogen-bond acceptors (Lipinski definition) is 4. The lowest BCUT2D eigenvalue weighted by atomic mass is 10.00. The third kappa shape index (κ3) is 3.56. The van der Waals surface area contributed by atoms with Crippen LogP contribution in [-0.2, 0) is 7.05 Å². The van der Waals surface area contributed by atoms with E-state index in [-0.39, 0.29) is 17.9 Å². The Morgan fingerprint density at radius 3 is 2.68 bits per heavy atom. The molecule has 1 fully saturated rings. The fourth-order valence-electron chi connectivity index (χ4n) is 3.16. The fraction of sp³-hybridized carbons (Fsp3) is 0.389. The van der Waals surface area contributed by atoms with Gasteiger partial charge in [-0.3, -0.25) is 19.2 Å². The van der Waals surface area contributed by atoms with E-state index in [1.165, 1.54) is 0 Å². The van der Waals surface area contributed by atoms with Gasteiger partial charge >= 0.3 is 0 Å². The maximum atomic E-state index is 12.7. The summed E-state index contributed by atoms with van der Waals surface area (Å²) in [6, 6.07) is 7.64. The van der Waals surface area contributed by atoms with Gasteiger partial charge in [-0.15, -0.1) is 0 Å². The minimum Gasteiger partial charge on any atom is -0.355 e. The van der Waals surface area contributed by atoms with Gasteiger partial charge in [0.1, 0.15) is 0 Å². The summed E-state index contributed by atoms with van der Waals surface area (Å²) in [6.07, 6.45) is 3.34. The molecular formula is C18H23N5O2. The van der Waals surface area contributed by atoms with E-state index in [4.69, 9.17) is 0 Å². The van der Waals surface area contributed by atoms with Crippen LogP contribution in [0, 0.1) is 0 Å². The van der Waals surface area contributed by atoms with Crippen molar-refractivity contribution >= 4 is 11.8 Å². The van der Waals surface area contributed by atoms with E-state index < -0.39 is 0 Å². The molecule has 7 heteroatoms. The third-order valence-electron chi connectivity index (χ3n) is 4.65. The smallest absolute Gasteiger partial charge is 0.257 e. The highest BCUT2D eigenvalue weighted by Crippen LogP contribution is 2.25. The van der Waals surface area contributed by atoms with Crippen LogP contribution in [0.1, 0.15) is 32.3 Å². The highest BCUT2D eigenvalue weighted by atomic mass is 16.2. The number of aryl methyl sites for hydroxylation is 1. The summed E-state index contributed by atoms with van der Waals surface area (Å²) in [5.41, 5.74) is 2.27. The van der Waals surface area contributed by atoms with Gasteiger partial charge in [0.05, 0.1) is 17.8 Å². The number of piperazine rings is 1. The molecule has 1 aromatic carbocycles. The van der Waals surface area contributed by atoms with Gasteiger partial charge in [0, 0.05) is 45.5 Å². The van der Waals surface area contributed by atoms with Crippen molar-refractivity contribution in [3.8, 4) is 0 Å².